The van der Waals surface area contributed by atoms with E-state index in [4.69, 9.17) is 4.74 Å². The van der Waals surface area contributed by atoms with Crippen LogP contribution >= 0.6 is 0 Å². The van der Waals surface area contributed by atoms with Crippen molar-refractivity contribution in [3.8, 4) is 11.5 Å². The first-order chi connectivity index (χ1) is 6.19. The van der Waals surface area contributed by atoms with E-state index in [-0.39, 0.29) is 11.8 Å². The van der Waals surface area contributed by atoms with Gasteiger partial charge in [-0.3, -0.25) is 0 Å². The number of hydrogen-bond donors (Lipinski definition) is 2. The van der Waals surface area contributed by atoms with E-state index in [1.165, 1.54) is 0 Å². The quantitative estimate of drug-likeness (QED) is 0.745. The van der Waals surface area contributed by atoms with Gasteiger partial charge in [0.25, 0.3) is 0 Å². The van der Waals surface area contributed by atoms with Gasteiger partial charge in [0.2, 0.25) is 0 Å². The standard InChI is InChI=1S/C10H15NO2/c1-7(11-2)8-4-5-9(12)10(6-8)13-3/h4-7,11-12H,1-3H3/t7-/m0/s1. The van der Waals surface area contributed by atoms with Crippen LogP contribution in [0.5, 0.6) is 11.5 Å². The van der Waals surface area contributed by atoms with Crippen molar-refractivity contribution in [1.82, 2.24) is 5.32 Å². The minimum atomic E-state index is 0.176. The van der Waals surface area contributed by atoms with Crippen LogP contribution in [0.15, 0.2) is 18.2 Å². The van der Waals surface area contributed by atoms with Gasteiger partial charge < -0.3 is 15.2 Å². The van der Waals surface area contributed by atoms with Gasteiger partial charge in [0, 0.05) is 6.04 Å². The minimum Gasteiger partial charge on any atom is -0.504 e. The molecule has 0 bridgehead atoms. The van der Waals surface area contributed by atoms with Crippen LogP contribution < -0.4 is 10.1 Å². The number of phenolic OH excluding ortho intramolecular Hbond substituents is 1. The molecule has 3 nitrogen and oxygen atoms in total. The summed E-state index contributed by atoms with van der Waals surface area (Å²) in [7, 11) is 3.44. The molecule has 0 radical (unpaired) electrons. The molecule has 1 rings (SSSR count). The number of aromatic hydroxyl groups is 1. The number of methoxy groups -OCH3 is 1. The van der Waals surface area contributed by atoms with Crippen molar-refractivity contribution in [1.29, 1.82) is 0 Å². The summed E-state index contributed by atoms with van der Waals surface area (Å²) in [6.45, 7) is 2.05. The SMILES string of the molecule is CN[C@@H](C)c1ccc(O)c(OC)c1. The van der Waals surface area contributed by atoms with Gasteiger partial charge in [0.1, 0.15) is 0 Å². The Bertz CT molecular complexity index is 286. The lowest BCUT2D eigenvalue weighted by atomic mass is 10.1. The van der Waals surface area contributed by atoms with E-state index >= 15 is 0 Å². The fourth-order valence-corrected chi connectivity index (χ4v) is 1.13. The lowest BCUT2D eigenvalue weighted by Crippen LogP contribution is -2.12. The van der Waals surface area contributed by atoms with Gasteiger partial charge in [-0.25, -0.2) is 0 Å². The molecule has 0 aliphatic rings. The maximum atomic E-state index is 9.34. The van der Waals surface area contributed by atoms with E-state index in [1.54, 1.807) is 13.2 Å². The Kier molecular flexibility index (Phi) is 3.14. The molecule has 1 aromatic rings. The van der Waals surface area contributed by atoms with Crippen LogP contribution in [-0.2, 0) is 0 Å². The number of ether oxygens (including phenoxy) is 1. The molecule has 0 spiro atoms. The molecule has 72 valence electrons. The largest absolute Gasteiger partial charge is 0.504 e. The molecule has 0 amide bonds. The second-order valence-corrected chi connectivity index (χ2v) is 2.94. The summed E-state index contributed by atoms with van der Waals surface area (Å²) in [6, 6.07) is 5.60. The van der Waals surface area contributed by atoms with Crippen LogP contribution in [0.25, 0.3) is 0 Å². The first-order valence-corrected chi connectivity index (χ1v) is 4.23. The first kappa shape index (κ1) is 9.86. The summed E-state index contributed by atoms with van der Waals surface area (Å²) >= 11 is 0. The molecular weight excluding hydrogens is 166 g/mol. The molecule has 0 saturated carbocycles. The predicted molar refractivity (Wildman–Crippen MR) is 52.1 cm³/mol. The van der Waals surface area contributed by atoms with Gasteiger partial charge in [0.15, 0.2) is 11.5 Å². The monoisotopic (exact) mass is 181 g/mol. The fraction of sp³-hybridized carbons (Fsp3) is 0.400. The van der Waals surface area contributed by atoms with Gasteiger partial charge >= 0.3 is 0 Å². The van der Waals surface area contributed by atoms with E-state index in [1.807, 2.05) is 26.1 Å². The lowest BCUT2D eigenvalue weighted by Gasteiger charge is -2.12. The Morgan fingerprint density at radius 2 is 2.15 bits per heavy atom. The molecule has 0 aliphatic heterocycles. The summed E-state index contributed by atoms with van der Waals surface area (Å²) in [4.78, 5) is 0. The van der Waals surface area contributed by atoms with Crippen molar-refractivity contribution in [3.05, 3.63) is 23.8 Å². The second kappa shape index (κ2) is 4.14. The third-order valence-corrected chi connectivity index (χ3v) is 2.14. The van der Waals surface area contributed by atoms with E-state index in [0.29, 0.717) is 5.75 Å². The Balaban J connectivity index is 2.99. The zero-order chi connectivity index (χ0) is 9.84. The van der Waals surface area contributed by atoms with E-state index < -0.39 is 0 Å². The molecule has 1 aromatic carbocycles. The Labute approximate surface area is 78.3 Å². The topological polar surface area (TPSA) is 41.5 Å². The third kappa shape index (κ3) is 2.12. The zero-order valence-electron chi connectivity index (χ0n) is 8.16. The summed E-state index contributed by atoms with van der Waals surface area (Å²) < 4.78 is 5.00. The fourth-order valence-electron chi connectivity index (χ4n) is 1.13. The summed E-state index contributed by atoms with van der Waals surface area (Å²) in [5, 5.41) is 12.5. The Morgan fingerprint density at radius 3 is 2.69 bits per heavy atom. The van der Waals surface area contributed by atoms with Crippen molar-refractivity contribution in [2.45, 2.75) is 13.0 Å². The number of rotatable bonds is 3. The van der Waals surface area contributed by atoms with Crippen molar-refractivity contribution >= 4 is 0 Å². The molecule has 0 fully saturated rings. The molecule has 3 heteroatoms. The molecular formula is C10H15NO2. The maximum Gasteiger partial charge on any atom is 0.160 e. The van der Waals surface area contributed by atoms with Gasteiger partial charge in [-0.1, -0.05) is 6.07 Å². The van der Waals surface area contributed by atoms with Crippen molar-refractivity contribution in [2.75, 3.05) is 14.2 Å². The summed E-state index contributed by atoms with van der Waals surface area (Å²) in [6.07, 6.45) is 0. The number of hydrogen-bond acceptors (Lipinski definition) is 3. The number of nitrogens with one attached hydrogen (secondary N) is 1. The zero-order valence-corrected chi connectivity index (χ0v) is 8.16. The average Bonchev–Trinajstić information content (AvgIpc) is 2.17. The van der Waals surface area contributed by atoms with Crippen LogP contribution in [0.4, 0.5) is 0 Å². The summed E-state index contributed by atoms with van der Waals surface area (Å²) in [5.74, 6) is 0.689. The maximum absolute atomic E-state index is 9.34. The highest BCUT2D eigenvalue weighted by Crippen LogP contribution is 2.28. The molecule has 1 atom stereocenters. The highest BCUT2D eigenvalue weighted by molar-refractivity contribution is 5.42. The minimum absolute atomic E-state index is 0.176. The van der Waals surface area contributed by atoms with Crippen molar-refractivity contribution in [3.63, 3.8) is 0 Å². The van der Waals surface area contributed by atoms with Gasteiger partial charge in [0.05, 0.1) is 7.11 Å². The lowest BCUT2D eigenvalue weighted by molar-refractivity contribution is 0.372. The van der Waals surface area contributed by atoms with E-state index in [9.17, 15) is 5.11 Å². The molecule has 2 N–H and O–H groups in total. The average molecular weight is 181 g/mol. The first-order valence-electron chi connectivity index (χ1n) is 4.23. The van der Waals surface area contributed by atoms with Crippen LogP contribution in [0, 0.1) is 0 Å². The molecule has 0 aliphatic carbocycles. The summed E-state index contributed by atoms with van der Waals surface area (Å²) in [5.41, 5.74) is 1.09. The van der Waals surface area contributed by atoms with Crippen molar-refractivity contribution < 1.29 is 9.84 Å². The van der Waals surface area contributed by atoms with Crippen LogP contribution in [0.3, 0.4) is 0 Å². The van der Waals surface area contributed by atoms with Gasteiger partial charge in [-0.15, -0.1) is 0 Å². The van der Waals surface area contributed by atoms with Crippen LogP contribution in [0.2, 0.25) is 0 Å². The van der Waals surface area contributed by atoms with E-state index in [2.05, 4.69) is 5.32 Å². The number of benzene rings is 1. The third-order valence-electron chi connectivity index (χ3n) is 2.14. The number of phenols is 1. The smallest absolute Gasteiger partial charge is 0.160 e. The molecule has 13 heavy (non-hydrogen) atoms. The van der Waals surface area contributed by atoms with Crippen LogP contribution in [0.1, 0.15) is 18.5 Å². The molecule has 0 unspecified atom stereocenters. The molecule has 0 heterocycles. The second-order valence-electron chi connectivity index (χ2n) is 2.94. The Hall–Kier alpha value is -1.22. The van der Waals surface area contributed by atoms with Crippen molar-refractivity contribution in [2.24, 2.45) is 0 Å². The molecule has 0 saturated heterocycles. The Morgan fingerprint density at radius 1 is 1.46 bits per heavy atom. The highest BCUT2D eigenvalue weighted by atomic mass is 16.5. The predicted octanol–water partition coefficient (Wildman–Crippen LogP) is 1.68. The highest BCUT2D eigenvalue weighted by Gasteiger charge is 2.06. The molecule has 0 aromatic heterocycles. The normalized spacial score (nSPS) is 12.5. The van der Waals surface area contributed by atoms with Gasteiger partial charge in [-0.2, -0.15) is 0 Å². The van der Waals surface area contributed by atoms with E-state index in [0.717, 1.165) is 5.56 Å². The van der Waals surface area contributed by atoms with Crippen LogP contribution in [-0.4, -0.2) is 19.3 Å². The van der Waals surface area contributed by atoms with Gasteiger partial charge in [-0.05, 0) is 31.7 Å².